The van der Waals surface area contributed by atoms with E-state index >= 15 is 0 Å². The fourth-order valence-electron chi connectivity index (χ4n) is 2.13. The first kappa shape index (κ1) is 20.8. The van der Waals surface area contributed by atoms with Crippen LogP contribution in [0.25, 0.3) is 0 Å². The van der Waals surface area contributed by atoms with Gasteiger partial charge in [0.2, 0.25) is 0 Å². The molecule has 0 bridgehead atoms. The minimum Gasteiger partial charge on any atom is -0.382 e. The summed E-state index contributed by atoms with van der Waals surface area (Å²) in [7, 11) is 0. The molecule has 0 radical (unpaired) electrons. The van der Waals surface area contributed by atoms with Gasteiger partial charge in [0, 0.05) is 45.8 Å². The average Bonchev–Trinajstić information content (AvgIpc) is 3.05. The standard InChI is InChI=1S/C16H32N6OS/c1-4-15-21-20-14-22(15)11-10-19-16(18-9-7-13-24-3)17-8-6-12-23-5-2/h14H,4-13H2,1-3H3,(H2,17,18,19). The van der Waals surface area contributed by atoms with Crippen molar-refractivity contribution in [1.29, 1.82) is 0 Å². The molecule has 1 aromatic rings. The van der Waals surface area contributed by atoms with E-state index in [1.807, 2.05) is 18.7 Å². The Morgan fingerprint density at radius 3 is 2.88 bits per heavy atom. The first-order chi connectivity index (χ1) is 11.8. The first-order valence-electron chi connectivity index (χ1n) is 8.77. The largest absolute Gasteiger partial charge is 0.382 e. The molecule has 138 valence electrons. The zero-order valence-electron chi connectivity index (χ0n) is 15.3. The molecule has 8 heteroatoms. The number of hydrogen-bond donors (Lipinski definition) is 2. The maximum Gasteiger partial charge on any atom is 0.191 e. The van der Waals surface area contributed by atoms with E-state index in [0.29, 0.717) is 0 Å². The minimum atomic E-state index is 0.770. The van der Waals surface area contributed by atoms with Gasteiger partial charge in [-0.2, -0.15) is 11.8 Å². The van der Waals surface area contributed by atoms with Crippen molar-refractivity contribution < 1.29 is 4.74 Å². The molecule has 0 unspecified atom stereocenters. The number of guanidine groups is 1. The van der Waals surface area contributed by atoms with E-state index in [0.717, 1.165) is 76.2 Å². The van der Waals surface area contributed by atoms with Crippen LogP contribution in [0.3, 0.4) is 0 Å². The lowest BCUT2D eigenvalue weighted by Crippen LogP contribution is -2.40. The molecule has 0 spiro atoms. The van der Waals surface area contributed by atoms with E-state index in [1.54, 1.807) is 6.33 Å². The van der Waals surface area contributed by atoms with Gasteiger partial charge < -0.3 is 19.9 Å². The molecular weight excluding hydrogens is 324 g/mol. The summed E-state index contributed by atoms with van der Waals surface area (Å²) < 4.78 is 7.44. The SMILES string of the molecule is CCOCCCNC(=NCCCSC)NCCn1cnnc1CC. The van der Waals surface area contributed by atoms with Gasteiger partial charge in [0.15, 0.2) is 5.96 Å². The summed E-state index contributed by atoms with van der Waals surface area (Å²) in [6.45, 7) is 8.99. The third kappa shape index (κ3) is 9.12. The lowest BCUT2D eigenvalue weighted by atomic mass is 10.4. The molecule has 1 rings (SSSR count). The van der Waals surface area contributed by atoms with Crippen LogP contribution < -0.4 is 10.6 Å². The fourth-order valence-corrected chi connectivity index (χ4v) is 2.55. The Balaban J connectivity index is 2.36. The molecule has 0 aliphatic heterocycles. The number of nitrogens with zero attached hydrogens (tertiary/aromatic N) is 4. The van der Waals surface area contributed by atoms with Crippen LogP contribution >= 0.6 is 11.8 Å². The summed E-state index contributed by atoms with van der Waals surface area (Å²) in [5.41, 5.74) is 0. The topological polar surface area (TPSA) is 76.4 Å². The van der Waals surface area contributed by atoms with Crippen LogP contribution in [-0.2, 0) is 17.7 Å². The molecular formula is C16H32N6OS. The maximum atomic E-state index is 5.36. The van der Waals surface area contributed by atoms with Crippen molar-refractivity contribution in [3.05, 3.63) is 12.2 Å². The van der Waals surface area contributed by atoms with Gasteiger partial charge in [-0.25, -0.2) is 0 Å². The van der Waals surface area contributed by atoms with Gasteiger partial charge >= 0.3 is 0 Å². The number of aliphatic imine (C=N–C) groups is 1. The van der Waals surface area contributed by atoms with Crippen LogP contribution in [-0.4, -0.2) is 65.6 Å². The number of thioether (sulfide) groups is 1. The molecule has 7 nitrogen and oxygen atoms in total. The molecule has 2 N–H and O–H groups in total. The Bertz CT molecular complexity index is 452. The molecule has 0 aromatic carbocycles. The summed E-state index contributed by atoms with van der Waals surface area (Å²) in [6.07, 6.45) is 6.87. The predicted octanol–water partition coefficient (Wildman–Crippen LogP) is 1.56. The van der Waals surface area contributed by atoms with Crippen LogP contribution in [0.2, 0.25) is 0 Å². The number of ether oxygens (including phenoxy) is 1. The third-order valence-corrected chi connectivity index (χ3v) is 4.09. The van der Waals surface area contributed by atoms with E-state index in [9.17, 15) is 0 Å². The molecule has 0 saturated heterocycles. The van der Waals surface area contributed by atoms with Gasteiger partial charge in [0.1, 0.15) is 12.2 Å². The lowest BCUT2D eigenvalue weighted by molar-refractivity contribution is 0.145. The third-order valence-electron chi connectivity index (χ3n) is 3.40. The van der Waals surface area contributed by atoms with Crippen molar-refractivity contribution >= 4 is 17.7 Å². The highest BCUT2D eigenvalue weighted by Gasteiger charge is 2.02. The van der Waals surface area contributed by atoms with E-state index in [-0.39, 0.29) is 0 Å². The number of hydrogen-bond acceptors (Lipinski definition) is 5. The summed E-state index contributed by atoms with van der Waals surface area (Å²) in [5.74, 6) is 3.03. The normalized spacial score (nSPS) is 11.7. The van der Waals surface area contributed by atoms with Crippen LogP contribution in [0.4, 0.5) is 0 Å². The van der Waals surface area contributed by atoms with Gasteiger partial charge in [-0.3, -0.25) is 4.99 Å². The van der Waals surface area contributed by atoms with Crippen molar-refractivity contribution in [2.45, 2.75) is 39.7 Å². The van der Waals surface area contributed by atoms with Gasteiger partial charge in [-0.15, -0.1) is 10.2 Å². The summed E-state index contributed by atoms with van der Waals surface area (Å²) in [6, 6.07) is 0. The molecule has 0 fully saturated rings. The van der Waals surface area contributed by atoms with Crippen LogP contribution in [0.15, 0.2) is 11.3 Å². The number of nitrogens with one attached hydrogen (secondary N) is 2. The van der Waals surface area contributed by atoms with E-state index in [1.165, 1.54) is 0 Å². The van der Waals surface area contributed by atoms with Crippen molar-refractivity contribution in [3.8, 4) is 0 Å². The van der Waals surface area contributed by atoms with Crippen molar-refractivity contribution in [1.82, 2.24) is 25.4 Å². The van der Waals surface area contributed by atoms with E-state index in [4.69, 9.17) is 4.74 Å². The highest BCUT2D eigenvalue weighted by molar-refractivity contribution is 7.98. The lowest BCUT2D eigenvalue weighted by Gasteiger charge is -2.13. The van der Waals surface area contributed by atoms with Crippen LogP contribution in [0.5, 0.6) is 0 Å². The molecule has 0 atom stereocenters. The zero-order valence-corrected chi connectivity index (χ0v) is 16.1. The predicted molar refractivity (Wildman–Crippen MR) is 102 cm³/mol. The molecule has 0 amide bonds. The Morgan fingerprint density at radius 1 is 1.29 bits per heavy atom. The smallest absolute Gasteiger partial charge is 0.191 e. The van der Waals surface area contributed by atoms with E-state index < -0.39 is 0 Å². The van der Waals surface area contributed by atoms with Gasteiger partial charge in [-0.05, 0) is 31.8 Å². The first-order valence-corrected chi connectivity index (χ1v) is 10.2. The van der Waals surface area contributed by atoms with Crippen molar-refractivity contribution in [2.24, 2.45) is 4.99 Å². The fraction of sp³-hybridized carbons (Fsp3) is 0.812. The van der Waals surface area contributed by atoms with Crippen molar-refractivity contribution in [3.63, 3.8) is 0 Å². The number of aryl methyl sites for hydroxylation is 1. The molecule has 1 heterocycles. The Hall–Kier alpha value is -1.28. The quantitative estimate of drug-likeness (QED) is 0.317. The second-order valence-electron chi connectivity index (χ2n) is 5.27. The highest BCUT2D eigenvalue weighted by atomic mass is 32.2. The molecule has 0 saturated carbocycles. The second kappa shape index (κ2) is 14.1. The Labute approximate surface area is 150 Å². The number of aromatic nitrogens is 3. The van der Waals surface area contributed by atoms with Gasteiger partial charge in [-0.1, -0.05) is 6.92 Å². The summed E-state index contributed by atoms with van der Waals surface area (Å²) >= 11 is 1.86. The van der Waals surface area contributed by atoms with Crippen LogP contribution in [0.1, 0.15) is 32.5 Å². The van der Waals surface area contributed by atoms with Gasteiger partial charge in [0.05, 0.1) is 0 Å². The monoisotopic (exact) mass is 356 g/mol. The Morgan fingerprint density at radius 2 is 2.12 bits per heavy atom. The minimum absolute atomic E-state index is 0.770. The molecule has 1 aromatic heterocycles. The Kier molecular flexibility index (Phi) is 12.2. The molecule has 0 aliphatic rings. The van der Waals surface area contributed by atoms with Gasteiger partial charge in [0.25, 0.3) is 0 Å². The summed E-state index contributed by atoms with van der Waals surface area (Å²) in [4.78, 5) is 4.64. The number of rotatable bonds is 13. The summed E-state index contributed by atoms with van der Waals surface area (Å²) in [5, 5.41) is 14.8. The average molecular weight is 357 g/mol. The molecule has 24 heavy (non-hydrogen) atoms. The van der Waals surface area contributed by atoms with E-state index in [2.05, 4.69) is 43.6 Å². The molecule has 0 aliphatic carbocycles. The maximum absolute atomic E-state index is 5.36. The van der Waals surface area contributed by atoms with Crippen LogP contribution in [0, 0.1) is 0 Å². The van der Waals surface area contributed by atoms with Crippen molar-refractivity contribution in [2.75, 3.05) is 44.9 Å². The highest BCUT2D eigenvalue weighted by Crippen LogP contribution is 1.96. The second-order valence-corrected chi connectivity index (χ2v) is 6.26. The zero-order chi connectivity index (χ0) is 17.5.